The molecular formula is C21H48P4. The Morgan fingerprint density at radius 2 is 0.520 bits per heavy atom. The first-order chi connectivity index (χ1) is 12.1. The van der Waals surface area contributed by atoms with Crippen LogP contribution in [0.1, 0.15) is 60.8 Å². The molecule has 152 valence electrons. The summed E-state index contributed by atoms with van der Waals surface area (Å²) in [6, 6.07) is 0. The van der Waals surface area contributed by atoms with Crippen LogP contribution in [0.3, 0.4) is 0 Å². The largest absolute Gasteiger partial charge is 0.107 e. The van der Waals surface area contributed by atoms with E-state index in [4.69, 9.17) is 0 Å². The van der Waals surface area contributed by atoms with Crippen molar-refractivity contribution >= 4 is 31.7 Å². The Morgan fingerprint density at radius 1 is 0.320 bits per heavy atom. The van der Waals surface area contributed by atoms with Crippen LogP contribution in [0.5, 0.6) is 0 Å². The van der Waals surface area contributed by atoms with Gasteiger partial charge in [-0.05, 0) is 93.2 Å². The van der Waals surface area contributed by atoms with E-state index < -0.39 is 0 Å². The molecule has 0 aliphatic rings. The van der Waals surface area contributed by atoms with Gasteiger partial charge in [-0.25, -0.2) is 0 Å². The van der Waals surface area contributed by atoms with Crippen LogP contribution >= 0.6 is 31.7 Å². The Bertz CT molecular complexity index is 218. The Kier molecular flexibility index (Phi) is 20.4. The third-order valence-electron chi connectivity index (χ3n) is 5.53. The molecule has 0 saturated heterocycles. The highest BCUT2D eigenvalue weighted by Gasteiger charge is 2.12. The normalized spacial score (nSPS) is 12.2. The van der Waals surface area contributed by atoms with Crippen molar-refractivity contribution < 1.29 is 0 Å². The van der Waals surface area contributed by atoms with Crippen LogP contribution in [-0.2, 0) is 0 Å². The van der Waals surface area contributed by atoms with E-state index in [-0.39, 0.29) is 0 Å². The van der Waals surface area contributed by atoms with Crippen molar-refractivity contribution in [3.8, 4) is 0 Å². The minimum atomic E-state index is 0.348. The smallest absolute Gasteiger partial charge is 0.0323 e. The first-order valence-electron chi connectivity index (χ1n) is 11.0. The Hall–Kier alpha value is 1.72. The summed E-state index contributed by atoms with van der Waals surface area (Å²) >= 11 is 0. The molecule has 0 heterocycles. The zero-order chi connectivity index (χ0) is 18.9. The van der Waals surface area contributed by atoms with Crippen LogP contribution < -0.4 is 0 Å². The van der Waals surface area contributed by atoms with Crippen LogP contribution in [0, 0.1) is 0 Å². The number of hydrogen-bond donors (Lipinski definition) is 0. The molecule has 0 bridgehead atoms. The van der Waals surface area contributed by atoms with Gasteiger partial charge in [0, 0.05) is 0 Å². The van der Waals surface area contributed by atoms with Gasteiger partial charge in [0.25, 0.3) is 0 Å². The van der Waals surface area contributed by atoms with Crippen LogP contribution in [0.25, 0.3) is 0 Å². The van der Waals surface area contributed by atoms with E-state index in [1.165, 1.54) is 37.0 Å². The average Bonchev–Trinajstić information content (AvgIpc) is 2.65. The quantitative estimate of drug-likeness (QED) is 0.195. The average molecular weight is 425 g/mol. The predicted molar refractivity (Wildman–Crippen MR) is 134 cm³/mol. The van der Waals surface area contributed by atoms with Gasteiger partial charge in [-0.15, -0.1) is 31.7 Å². The van der Waals surface area contributed by atoms with Crippen molar-refractivity contribution in [2.24, 2.45) is 0 Å². The summed E-state index contributed by atoms with van der Waals surface area (Å²) in [7, 11) is 1.47. The summed E-state index contributed by atoms with van der Waals surface area (Å²) in [4.78, 5) is 0. The monoisotopic (exact) mass is 424 g/mol. The van der Waals surface area contributed by atoms with Crippen LogP contribution in [0.2, 0.25) is 0 Å². The molecule has 0 radical (unpaired) electrons. The second kappa shape index (κ2) is 19.1. The summed E-state index contributed by atoms with van der Waals surface area (Å²) in [6.45, 7) is 14.5. The van der Waals surface area contributed by atoms with Crippen molar-refractivity contribution in [1.82, 2.24) is 0 Å². The summed E-state index contributed by atoms with van der Waals surface area (Å²) in [6.07, 6.45) is 22.9. The zero-order valence-electron chi connectivity index (χ0n) is 18.4. The molecule has 4 heteroatoms. The molecule has 0 fully saturated rings. The summed E-state index contributed by atoms with van der Waals surface area (Å²) < 4.78 is 0. The number of hydrogen-bond acceptors (Lipinski definition) is 0. The molecule has 0 aromatic heterocycles. The predicted octanol–water partition coefficient (Wildman–Crippen LogP) is 8.20. The maximum Gasteiger partial charge on any atom is -0.0323 e. The fourth-order valence-electron chi connectivity index (χ4n) is 3.51. The molecule has 0 N–H and O–H groups in total. The van der Waals surface area contributed by atoms with E-state index in [1.807, 2.05) is 0 Å². The highest BCUT2D eigenvalue weighted by molar-refractivity contribution is 7.59. The molecule has 0 aliphatic carbocycles. The van der Waals surface area contributed by atoms with E-state index in [0.29, 0.717) is 31.7 Å². The van der Waals surface area contributed by atoms with Crippen LogP contribution in [0.4, 0.5) is 0 Å². The first kappa shape index (κ1) is 26.7. The lowest BCUT2D eigenvalue weighted by Gasteiger charge is -2.22. The van der Waals surface area contributed by atoms with E-state index in [2.05, 4.69) is 41.5 Å². The fraction of sp³-hybridized carbons (Fsp3) is 1.00. The molecule has 0 amide bonds. The number of rotatable bonds is 18. The van der Waals surface area contributed by atoms with Crippen molar-refractivity contribution in [3.05, 3.63) is 0 Å². The van der Waals surface area contributed by atoms with Crippen molar-refractivity contribution in [2.75, 3.05) is 73.9 Å². The van der Waals surface area contributed by atoms with Gasteiger partial charge >= 0.3 is 0 Å². The van der Waals surface area contributed by atoms with Gasteiger partial charge in [0.05, 0.1) is 0 Å². The summed E-state index contributed by atoms with van der Waals surface area (Å²) in [5, 5.41) is 0. The molecule has 0 saturated carbocycles. The Balaban J connectivity index is 4.24. The molecule has 25 heavy (non-hydrogen) atoms. The molecule has 0 rings (SSSR count). The third-order valence-corrected chi connectivity index (χ3v) is 16.6. The molecule has 0 aliphatic heterocycles. The van der Waals surface area contributed by atoms with Gasteiger partial charge in [0.2, 0.25) is 0 Å². The molecule has 0 spiro atoms. The Labute approximate surface area is 166 Å². The second-order valence-electron chi connectivity index (χ2n) is 6.98. The summed E-state index contributed by atoms with van der Waals surface area (Å²) in [5.41, 5.74) is 0. The van der Waals surface area contributed by atoms with Gasteiger partial charge in [0.1, 0.15) is 0 Å². The molecule has 0 atom stereocenters. The minimum absolute atomic E-state index is 0.348. The lowest BCUT2D eigenvalue weighted by molar-refractivity contribution is 1.02. The first-order valence-corrected chi connectivity index (χ1v) is 18.6. The topological polar surface area (TPSA) is 0 Å². The summed E-state index contributed by atoms with van der Waals surface area (Å²) in [5.74, 6) is 0. The Morgan fingerprint density at radius 3 is 0.720 bits per heavy atom. The lowest BCUT2D eigenvalue weighted by atomic mass is 10.5. The van der Waals surface area contributed by atoms with Crippen LogP contribution in [0.15, 0.2) is 0 Å². The minimum Gasteiger partial charge on any atom is -0.107 e. The van der Waals surface area contributed by atoms with Crippen LogP contribution in [-0.4, -0.2) is 73.9 Å². The fourth-order valence-corrected chi connectivity index (χ4v) is 11.8. The van der Waals surface area contributed by atoms with E-state index in [9.17, 15) is 0 Å². The highest BCUT2D eigenvalue weighted by atomic mass is 31.1. The van der Waals surface area contributed by atoms with Gasteiger partial charge in [0.15, 0.2) is 0 Å². The van der Waals surface area contributed by atoms with Gasteiger partial charge in [-0.3, -0.25) is 0 Å². The van der Waals surface area contributed by atoms with Gasteiger partial charge in [-0.2, -0.15) is 0 Å². The highest BCUT2D eigenvalue weighted by Crippen LogP contribution is 2.45. The molecular weight excluding hydrogens is 376 g/mol. The molecule has 0 unspecified atom stereocenters. The van der Waals surface area contributed by atoms with Gasteiger partial charge in [-0.1, -0.05) is 41.5 Å². The lowest BCUT2D eigenvalue weighted by Crippen LogP contribution is -2.02. The van der Waals surface area contributed by atoms with Crippen molar-refractivity contribution in [3.63, 3.8) is 0 Å². The third kappa shape index (κ3) is 14.4. The molecule has 0 nitrogen and oxygen atoms in total. The van der Waals surface area contributed by atoms with Crippen molar-refractivity contribution in [1.29, 1.82) is 0 Å². The SMILES string of the molecule is CCP(CC)CCCP(CCCP(CC)CC)CCCP(CC)CC. The maximum atomic E-state index is 2.41. The van der Waals surface area contributed by atoms with Gasteiger partial charge < -0.3 is 0 Å². The van der Waals surface area contributed by atoms with E-state index in [0.717, 1.165) is 0 Å². The van der Waals surface area contributed by atoms with Crippen molar-refractivity contribution in [2.45, 2.75) is 60.8 Å². The zero-order valence-corrected chi connectivity index (χ0v) is 22.0. The second-order valence-corrected chi connectivity index (χ2v) is 18.8. The standard InChI is InChI=1S/C21H48P4/c1-7-22(8-2)16-13-19-25(20-14-17-23(9-3)10-4)21-15-18-24(11-5)12-6/h7-21H2,1-6H3. The maximum absolute atomic E-state index is 2.41. The molecule has 0 aromatic carbocycles. The molecule has 0 aromatic rings. The van der Waals surface area contributed by atoms with E-state index in [1.54, 1.807) is 56.2 Å². The van der Waals surface area contributed by atoms with E-state index >= 15 is 0 Å².